The predicted octanol–water partition coefficient (Wildman–Crippen LogP) is 2.52. The Hall–Kier alpha value is -2.81. The maximum absolute atomic E-state index is 12.9. The molecule has 0 saturated heterocycles. The number of nitrogens with zero attached hydrogens (tertiary/aromatic N) is 3. The highest BCUT2D eigenvalue weighted by molar-refractivity contribution is 7.99. The summed E-state index contributed by atoms with van der Waals surface area (Å²) < 4.78 is 6.32. The molecule has 0 unspecified atom stereocenters. The van der Waals surface area contributed by atoms with Gasteiger partial charge in [-0.1, -0.05) is 30.8 Å². The van der Waals surface area contributed by atoms with Gasteiger partial charge in [-0.25, -0.2) is 4.68 Å². The number of aromatic nitrogens is 3. The average Bonchev–Trinajstić information content (AvgIpc) is 3.06. The molecule has 1 aromatic heterocycles. The fourth-order valence-electron chi connectivity index (χ4n) is 3.63. The van der Waals surface area contributed by atoms with E-state index in [4.69, 9.17) is 0 Å². The van der Waals surface area contributed by atoms with Gasteiger partial charge in [0.15, 0.2) is 5.78 Å². The summed E-state index contributed by atoms with van der Waals surface area (Å²) in [5.74, 6) is 0.681. The van der Waals surface area contributed by atoms with Crippen molar-refractivity contribution >= 4 is 29.5 Å². The fraction of sp³-hybridized carbons (Fsp3) is 0.368. The van der Waals surface area contributed by atoms with Crippen molar-refractivity contribution in [3.8, 4) is 5.75 Å². The SMILES string of the molecule is COC(=O)CSc1nc2n(n1)[C@H](c1cccc(O)c1)C1=C(C[C@H](C)CC1=O)N2. The Kier molecular flexibility index (Phi) is 4.84. The molecule has 8 nitrogen and oxygen atoms in total. The number of fused-ring (bicyclic) bond motifs is 1. The number of ketones is 1. The number of esters is 1. The van der Waals surface area contributed by atoms with E-state index in [0.29, 0.717) is 23.1 Å². The zero-order valence-electron chi connectivity index (χ0n) is 15.5. The number of Topliss-reactive ketones (excluding diaryl/α,β-unsaturated/α-hetero) is 1. The molecule has 2 heterocycles. The lowest BCUT2D eigenvalue weighted by Crippen LogP contribution is -2.33. The molecule has 0 saturated carbocycles. The largest absolute Gasteiger partial charge is 0.508 e. The molecule has 0 radical (unpaired) electrons. The number of rotatable bonds is 4. The van der Waals surface area contributed by atoms with Gasteiger partial charge in [0.2, 0.25) is 11.1 Å². The highest BCUT2D eigenvalue weighted by Crippen LogP contribution is 2.42. The van der Waals surface area contributed by atoms with E-state index in [1.165, 1.54) is 18.9 Å². The minimum Gasteiger partial charge on any atom is -0.508 e. The van der Waals surface area contributed by atoms with Crippen LogP contribution in [0.15, 0.2) is 40.7 Å². The van der Waals surface area contributed by atoms with Crippen molar-refractivity contribution < 1.29 is 19.4 Å². The number of hydrogen-bond donors (Lipinski definition) is 2. The normalized spacial score (nSPS) is 21.0. The maximum atomic E-state index is 12.9. The number of carbonyl (C=O) groups excluding carboxylic acids is 2. The van der Waals surface area contributed by atoms with Crippen LogP contribution in [0.25, 0.3) is 0 Å². The summed E-state index contributed by atoms with van der Waals surface area (Å²) in [7, 11) is 1.33. The van der Waals surface area contributed by atoms with Gasteiger partial charge < -0.3 is 15.2 Å². The fourth-order valence-corrected chi connectivity index (χ4v) is 4.30. The first-order chi connectivity index (χ1) is 13.5. The predicted molar refractivity (Wildman–Crippen MR) is 103 cm³/mol. The molecule has 28 heavy (non-hydrogen) atoms. The van der Waals surface area contributed by atoms with Crippen LogP contribution in [0, 0.1) is 5.92 Å². The van der Waals surface area contributed by atoms with Gasteiger partial charge in [0.25, 0.3) is 0 Å². The highest BCUT2D eigenvalue weighted by Gasteiger charge is 2.38. The van der Waals surface area contributed by atoms with Gasteiger partial charge in [-0.2, -0.15) is 4.98 Å². The number of nitrogens with one attached hydrogen (secondary N) is 1. The third kappa shape index (κ3) is 3.37. The summed E-state index contributed by atoms with van der Waals surface area (Å²) in [5.41, 5.74) is 2.26. The monoisotopic (exact) mass is 400 g/mol. The molecule has 1 aliphatic carbocycles. The van der Waals surface area contributed by atoms with Crippen LogP contribution in [0.3, 0.4) is 0 Å². The van der Waals surface area contributed by atoms with E-state index in [1.807, 2.05) is 13.0 Å². The van der Waals surface area contributed by atoms with Crippen LogP contribution in [0.1, 0.15) is 31.4 Å². The van der Waals surface area contributed by atoms with E-state index in [1.54, 1.807) is 22.9 Å². The first-order valence-corrected chi connectivity index (χ1v) is 9.93. The quantitative estimate of drug-likeness (QED) is 0.596. The van der Waals surface area contributed by atoms with Crippen molar-refractivity contribution in [1.82, 2.24) is 14.8 Å². The molecule has 0 amide bonds. The van der Waals surface area contributed by atoms with Crippen molar-refractivity contribution in [2.24, 2.45) is 5.92 Å². The molecule has 2 atom stereocenters. The number of hydrogen-bond acceptors (Lipinski definition) is 8. The zero-order valence-corrected chi connectivity index (χ0v) is 16.3. The molecule has 146 valence electrons. The standard InChI is InChI=1S/C19H20N4O4S/c1-10-6-13-16(14(25)7-10)17(11-4-3-5-12(24)8-11)23-18(20-13)21-19(22-23)28-9-15(26)27-2/h3-5,8,10,17,24H,6-7,9H2,1-2H3,(H,20,21,22)/t10-,17+/m0/s1. The third-order valence-corrected chi connectivity index (χ3v) is 5.65. The van der Waals surface area contributed by atoms with Gasteiger partial charge in [0.05, 0.1) is 12.9 Å². The first kappa shape index (κ1) is 18.5. The van der Waals surface area contributed by atoms with Crippen molar-refractivity contribution in [2.45, 2.75) is 31.0 Å². The Morgan fingerprint density at radius 1 is 1.43 bits per heavy atom. The summed E-state index contributed by atoms with van der Waals surface area (Å²) in [4.78, 5) is 28.8. The Labute approximate surface area is 166 Å². The van der Waals surface area contributed by atoms with Crippen LogP contribution < -0.4 is 5.32 Å². The van der Waals surface area contributed by atoms with Gasteiger partial charge in [-0.15, -0.1) is 5.10 Å². The lowest BCUT2D eigenvalue weighted by atomic mass is 9.81. The lowest BCUT2D eigenvalue weighted by Gasteiger charge is -2.34. The molecule has 0 bridgehead atoms. The number of ether oxygens (including phenoxy) is 1. The van der Waals surface area contributed by atoms with Gasteiger partial charge in [-0.05, 0) is 30.0 Å². The minimum absolute atomic E-state index is 0.0690. The highest BCUT2D eigenvalue weighted by atomic mass is 32.2. The van der Waals surface area contributed by atoms with Crippen molar-refractivity contribution in [3.63, 3.8) is 0 Å². The summed E-state index contributed by atoms with van der Waals surface area (Å²) in [5, 5.41) is 18.1. The number of allylic oxidation sites excluding steroid dienone is 2. The van der Waals surface area contributed by atoms with Crippen LogP contribution in [-0.4, -0.2) is 44.5 Å². The minimum atomic E-state index is -0.474. The van der Waals surface area contributed by atoms with Gasteiger partial charge >= 0.3 is 5.97 Å². The van der Waals surface area contributed by atoms with E-state index < -0.39 is 6.04 Å². The summed E-state index contributed by atoms with van der Waals surface area (Å²) in [6.45, 7) is 2.05. The van der Waals surface area contributed by atoms with Gasteiger partial charge in [0, 0.05) is 17.7 Å². The van der Waals surface area contributed by atoms with Crippen LogP contribution in [0.5, 0.6) is 5.75 Å². The molecule has 1 aliphatic heterocycles. The Morgan fingerprint density at radius 2 is 2.25 bits per heavy atom. The third-order valence-electron chi connectivity index (χ3n) is 4.84. The second kappa shape index (κ2) is 7.31. The number of methoxy groups -OCH3 is 1. The van der Waals surface area contributed by atoms with Crippen LogP contribution in [-0.2, 0) is 14.3 Å². The molecule has 2 aromatic rings. The van der Waals surface area contributed by atoms with Crippen LogP contribution in [0.4, 0.5) is 5.95 Å². The summed E-state index contributed by atoms with van der Waals surface area (Å²) in [6, 6.07) is 6.35. The van der Waals surface area contributed by atoms with Crippen molar-refractivity contribution in [2.75, 3.05) is 18.2 Å². The van der Waals surface area contributed by atoms with E-state index in [9.17, 15) is 14.7 Å². The first-order valence-electron chi connectivity index (χ1n) is 8.94. The summed E-state index contributed by atoms with van der Waals surface area (Å²) in [6.07, 6.45) is 1.22. The Balaban J connectivity index is 1.77. The van der Waals surface area contributed by atoms with E-state index in [-0.39, 0.29) is 29.2 Å². The number of phenolic OH excluding ortho intramolecular Hbond substituents is 1. The second-order valence-corrected chi connectivity index (χ2v) is 7.92. The second-order valence-electron chi connectivity index (χ2n) is 6.98. The molecule has 2 N–H and O–H groups in total. The number of benzene rings is 1. The topological polar surface area (TPSA) is 106 Å². The van der Waals surface area contributed by atoms with Crippen molar-refractivity contribution in [1.29, 1.82) is 0 Å². The average molecular weight is 400 g/mol. The maximum Gasteiger partial charge on any atom is 0.316 e. The molecule has 0 fully saturated rings. The molecule has 9 heteroatoms. The molecular weight excluding hydrogens is 380 g/mol. The molecular formula is C19H20N4O4S. The number of phenols is 1. The molecule has 4 rings (SSSR count). The van der Waals surface area contributed by atoms with E-state index in [2.05, 4.69) is 20.1 Å². The van der Waals surface area contributed by atoms with E-state index in [0.717, 1.165) is 17.7 Å². The smallest absolute Gasteiger partial charge is 0.316 e. The van der Waals surface area contributed by atoms with E-state index >= 15 is 0 Å². The van der Waals surface area contributed by atoms with Crippen LogP contribution in [0.2, 0.25) is 0 Å². The summed E-state index contributed by atoms with van der Waals surface area (Å²) >= 11 is 1.17. The molecule has 2 aliphatic rings. The molecule has 1 aromatic carbocycles. The molecule has 0 spiro atoms. The van der Waals surface area contributed by atoms with Crippen LogP contribution >= 0.6 is 11.8 Å². The van der Waals surface area contributed by atoms with Crippen molar-refractivity contribution in [3.05, 3.63) is 41.1 Å². The number of thioether (sulfide) groups is 1. The number of aromatic hydroxyl groups is 1. The van der Waals surface area contributed by atoms with Gasteiger partial charge in [0.1, 0.15) is 11.8 Å². The number of carbonyl (C=O) groups is 2. The Morgan fingerprint density at radius 3 is 3.00 bits per heavy atom. The Bertz CT molecular complexity index is 984. The zero-order chi connectivity index (χ0) is 19.8. The van der Waals surface area contributed by atoms with Gasteiger partial charge in [-0.3, -0.25) is 9.59 Å². The lowest BCUT2D eigenvalue weighted by molar-refractivity contribution is -0.137. The number of anilines is 1.